The lowest BCUT2D eigenvalue weighted by Crippen LogP contribution is -2.54. The fraction of sp³-hybridized carbons (Fsp3) is 0.286. The fourth-order valence-electron chi connectivity index (χ4n) is 2.80. The van der Waals surface area contributed by atoms with Gasteiger partial charge in [-0.3, -0.25) is 14.4 Å². The number of amides is 3. The fourth-order valence-corrected chi connectivity index (χ4v) is 2.80. The van der Waals surface area contributed by atoms with Crippen molar-refractivity contribution in [2.75, 3.05) is 7.11 Å². The van der Waals surface area contributed by atoms with Gasteiger partial charge in [0.25, 0.3) is 0 Å². The third kappa shape index (κ3) is 6.42. The smallest absolute Gasteiger partial charge is 0.243 e. The molecule has 0 aliphatic rings. The van der Waals surface area contributed by atoms with E-state index in [-0.39, 0.29) is 12.3 Å². The maximum absolute atomic E-state index is 12.7. The van der Waals surface area contributed by atoms with Crippen LogP contribution in [0.4, 0.5) is 0 Å². The maximum atomic E-state index is 12.7. The minimum absolute atomic E-state index is 0.239. The van der Waals surface area contributed by atoms with Crippen LogP contribution in [0.2, 0.25) is 0 Å². The number of carbonyl (C=O) groups is 3. The van der Waals surface area contributed by atoms with Crippen molar-refractivity contribution < 1.29 is 19.1 Å². The summed E-state index contributed by atoms with van der Waals surface area (Å²) in [7, 11) is 1.57. The number of hydrogen-bond donors (Lipinski definition) is 3. The van der Waals surface area contributed by atoms with Crippen molar-refractivity contribution in [3.63, 3.8) is 0 Å². The highest BCUT2D eigenvalue weighted by atomic mass is 16.5. The lowest BCUT2D eigenvalue weighted by atomic mass is 10.0. The van der Waals surface area contributed by atoms with E-state index in [0.29, 0.717) is 12.2 Å². The number of ether oxygens (including phenoxy) is 1. The highest BCUT2D eigenvalue weighted by Gasteiger charge is 2.25. The third-order valence-corrected chi connectivity index (χ3v) is 4.24. The standard InChI is InChI=1S/C21H25N3O4/c1-14(25)23-19(13-15-6-4-3-5-7-15)21(27)24-18(20(22)26)12-16-8-10-17(28-2)11-9-16/h3-11,18-19H,12-13H2,1-2H3,(H2,22,26)(H,23,25)(H,24,27)/t18-,19-/m0/s1. The molecule has 2 aromatic rings. The van der Waals surface area contributed by atoms with Crippen LogP contribution in [0.3, 0.4) is 0 Å². The van der Waals surface area contributed by atoms with Crippen LogP contribution in [-0.2, 0) is 27.2 Å². The van der Waals surface area contributed by atoms with Crippen LogP contribution in [-0.4, -0.2) is 36.9 Å². The summed E-state index contributed by atoms with van der Waals surface area (Å²) in [5, 5.41) is 5.29. The van der Waals surface area contributed by atoms with Gasteiger partial charge in [0.05, 0.1) is 7.11 Å². The molecule has 2 rings (SSSR count). The Bertz CT molecular complexity index is 806. The second-order valence-corrected chi connectivity index (χ2v) is 6.46. The molecular weight excluding hydrogens is 358 g/mol. The molecule has 0 unspecified atom stereocenters. The highest BCUT2D eigenvalue weighted by Crippen LogP contribution is 2.13. The Hall–Kier alpha value is -3.35. The minimum Gasteiger partial charge on any atom is -0.497 e. The van der Waals surface area contributed by atoms with Crippen molar-refractivity contribution in [2.45, 2.75) is 31.8 Å². The Balaban J connectivity index is 2.09. The Morgan fingerprint density at radius 3 is 2.00 bits per heavy atom. The lowest BCUT2D eigenvalue weighted by Gasteiger charge is -2.22. The first kappa shape index (κ1) is 21.0. The number of nitrogens with two attached hydrogens (primary N) is 1. The predicted molar refractivity (Wildman–Crippen MR) is 106 cm³/mol. The zero-order valence-electron chi connectivity index (χ0n) is 16.0. The molecule has 0 aliphatic carbocycles. The summed E-state index contributed by atoms with van der Waals surface area (Å²) in [6, 6.07) is 14.7. The minimum atomic E-state index is -0.895. The SMILES string of the molecule is COc1ccc(C[C@H](NC(=O)[C@H](Cc2ccccc2)NC(C)=O)C(N)=O)cc1. The molecule has 0 bridgehead atoms. The molecular formula is C21H25N3O4. The zero-order valence-corrected chi connectivity index (χ0v) is 16.0. The molecule has 7 nitrogen and oxygen atoms in total. The van der Waals surface area contributed by atoms with Crippen molar-refractivity contribution in [1.29, 1.82) is 0 Å². The van der Waals surface area contributed by atoms with Gasteiger partial charge in [0.15, 0.2) is 0 Å². The summed E-state index contributed by atoms with van der Waals surface area (Å²) in [6.45, 7) is 1.34. The molecule has 7 heteroatoms. The van der Waals surface area contributed by atoms with Crippen LogP contribution < -0.4 is 21.1 Å². The summed E-state index contributed by atoms with van der Waals surface area (Å²) in [5.74, 6) is -0.749. The average Bonchev–Trinajstić information content (AvgIpc) is 2.67. The number of nitrogens with one attached hydrogen (secondary N) is 2. The molecule has 0 spiro atoms. The number of methoxy groups -OCH3 is 1. The second-order valence-electron chi connectivity index (χ2n) is 6.46. The summed E-state index contributed by atoms with van der Waals surface area (Å²) < 4.78 is 5.11. The molecule has 4 N–H and O–H groups in total. The van der Waals surface area contributed by atoms with E-state index in [0.717, 1.165) is 11.1 Å². The largest absolute Gasteiger partial charge is 0.497 e. The first-order valence-electron chi connectivity index (χ1n) is 8.92. The Morgan fingerprint density at radius 2 is 1.46 bits per heavy atom. The quantitative estimate of drug-likeness (QED) is 0.599. The molecule has 0 saturated heterocycles. The van der Waals surface area contributed by atoms with Crippen molar-refractivity contribution in [2.24, 2.45) is 5.73 Å². The number of carbonyl (C=O) groups excluding carboxylic acids is 3. The van der Waals surface area contributed by atoms with E-state index < -0.39 is 23.9 Å². The lowest BCUT2D eigenvalue weighted by molar-refractivity contribution is -0.130. The van der Waals surface area contributed by atoms with Gasteiger partial charge in [-0.25, -0.2) is 0 Å². The monoisotopic (exact) mass is 383 g/mol. The van der Waals surface area contributed by atoms with Gasteiger partial charge >= 0.3 is 0 Å². The van der Waals surface area contributed by atoms with Crippen molar-refractivity contribution in [3.05, 3.63) is 65.7 Å². The van der Waals surface area contributed by atoms with Crippen molar-refractivity contribution in [1.82, 2.24) is 10.6 Å². The summed E-state index contributed by atoms with van der Waals surface area (Å²) >= 11 is 0. The van der Waals surface area contributed by atoms with Crippen LogP contribution in [0.5, 0.6) is 5.75 Å². The average molecular weight is 383 g/mol. The molecule has 0 aromatic heterocycles. The molecule has 28 heavy (non-hydrogen) atoms. The Labute approximate surface area is 164 Å². The summed E-state index contributed by atoms with van der Waals surface area (Å²) in [6.07, 6.45) is 0.545. The Morgan fingerprint density at radius 1 is 0.893 bits per heavy atom. The number of benzene rings is 2. The van der Waals surface area contributed by atoms with Gasteiger partial charge in [0.2, 0.25) is 17.7 Å². The van der Waals surface area contributed by atoms with Crippen LogP contribution in [0.15, 0.2) is 54.6 Å². The molecule has 0 aliphatic heterocycles. The molecule has 0 radical (unpaired) electrons. The van der Waals surface area contributed by atoms with E-state index in [1.54, 1.807) is 31.4 Å². The highest BCUT2D eigenvalue weighted by molar-refractivity contribution is 5.91. The molecule has 0 saturated carbocycles. The van der Waals surface area contributed by atoms with Crippen LogP contribution in [0.25, 0.3) is 0 Å². The first-order valence-corrected chi connectivity index (χ1v) is 8.92. The topological polar surface area (TPSA) is 111 Å². The van der Waals surface area contributed by atoms with Crippen LogP contribution in [0.1, 0.15) is 18.1 Å². The van der Waals surface area contributed by atoms with E-state index in [1.807, 2.05) is 30.3 Å². The molecule has 148 valence electrons. The first-order chi connectivity index (χ1) is 13.4. The summed E-state index contributed by atoms with van der Waals surface area (Å²) in [4.78, 5) is 36.1. The van der Waals surface area contributed by atoms with E-state index in [2.05, 4.69) is 10.6 Å². The van der Waals surface area contributed by atoms with Gasteiger partial charge in [-0.1, -0.05) is 42.5 Å². The Kier molecular flexibility index (Phi) is 7.56. The van der Waals surface area contributed by atoms with Crippen molar-refractivity contribution in [3.8, 4) is 5.75 Å². The summed E-state index contributed by atoms with van der Waals surface area (Å²) in [5.41, 5.74) is 7.19. The van der Waals surface area contributed by atoms with E-state index >= 15 is 0 Å². The van der Waals surface area contributed by atoms with Gasteiger partial charge in [0, 0.05) is 19.8 Å². The number of primary amides is 1. The normalized spacial score (nSPS) is 12.5. The van der Waals surface area contributed by atoms with Crippen LogP contribution >= 0.6 is 0 Å². The molecule has 2 atom stereocenters. The molecule has 0 heterocycles. The van der Waals surface area contributed by atoms with Gasteiger partial charge in [-0.05, 0) is 23.3 Å². The maximum Gasteiger partial charge on any atom is 0.243 e. The molecule has 0 fully saturated rings. The van der Waals surface area contributed by atoms with Crippen molar-refractivity contribution >= 4 is 17.7 Å². The van der Waals surface area contributed by atoms with Crippen LogP contribution in [0, 0.1) is 0 Å². The van der Waals surface area contributed by atoms with Gasteiger partial charge < -0.3 is 21.1 Å². The third-order valence-electron chi connectivity index (χ3n) is 4.24. The van der Waals surface area contributed by atoms with E-state index in [1.165, 1.54) is 6.92 Å². The van der Waals surface area contributed by atoms with Gasteiger partial charge in [-0.2, -0.15) is 0 Å². The number of hydrogen-bond acceptors (Lipinski definition) is 4. The zero-order chi connectivity index (χ0) is 20.5. The number of rotatable bonds is 9. The predicted octanol–water partition coefficient (Wildman–Crippen LogP) is 0.955. The van der Waals surface area contributed by atoms with Gasteiger partial charge in [-0.15, -0.1) is 0 Å². The van der Waals surface area contributed by atoms with Gasteiger partial charge in [0.1, 0.15) is 17.8 Å². The molecule has 2 aromatic carbocycles. The molecule has 3 amide bonds. The van der Waals surface area contributed by atoms with E-state index in [9.17, 15) is 14.4 Å². The second kappa shape index (κ2) is 10.1. The van der Waals surface area contributed by atoms with E-state index in [4.69, 9.17) is 10.5 Å².